The van der Waals surface area contributed by atoms with Crippen molar-refractivity contribution in [2.45, 2.75) is 45.6 Å². The third-order valence-electron chi connectivity index (χ3n) is 7.82. The van der Waals surface area contributed by atoms with Crippen LogP contribution in [0.3, 0.4) is 0 Å². The second kappa shape index (κ2) is 11.7. The molecule has 0 bridgehead atoms. The van der Waals surface area contributed by atoms with Crippen LogP contribution in [0.4, 0.5) is 5.69 Å². The number of carboxylic acids is 1. The summed E-state index contributed by atoms with van der Waals surface area (Å²) >= 11 is 0. The smallest absolute Gasteiger partial charge is 0.307 e. The van der Waals surface area contributed by atoms with E-state index >= 15 is 0 Å². The van der Waals surface area contributed by atoms with Crippen LogP contribution in [0.5, 0.6) is 0 Å². The normalized spacial score (nSPS) is 17.9. The third-order valence-corrected chi connectivity index (χ3v) is 7.82. The van der Waals surface area contributed by atoms with Gasteiger partial charge in [-0.3, -0.25) is 14.4 Å². The Hall–Kier alpha value is -4.46. The summed E-state index contributed by atoms with van der Waals surface area (Å²) in [5.41, 5.74) is 5.15. The summed E-state index contributed by atoms with van der Waals surface area (Å²) in [5, 5.41) is 18.4. The molecule has 8 nitrogen and oxygen atoms in total. The highest BCUT2D eigenvalue weighted by molar-refractivity contribution is 5.98. The second-order valence-corrected chi connectivity index (χ2v) is 10.5. The molecule has 5 rings (SSSR count). The van der Waals surface area contributed by atoms with Crippen molar-refractivity contribution in [3.05, 3.63) is 101 Å². The zero-order chi connectivity index (χ0) is 28.2. The van der Waals surface area contributed by atoms with Crippen molar-refractivity contribution in [3.63, 3.8) is 0 Å². The van der Waals surface area contributed by atoms with Crippen molar-refractivity contribution in [2.24, 2.45) is 16.9 Å². The van der Waals surface area contributed by atoms with Crippen molar-refractivity contribution in [3.8, 4) is 0 Å². The van der Waals surface area contributed by atoms with Gasteiger partial charge in [-0.15, -0.1) is 5.10 Å². The lowest BCUT2D eigenvalue weighted by molar-refractivity contribution is -0.141. The van der Waals surface area contributed by atoms with Crippen LogP contribution >= 0.6 is 0 Å². The minimum atomic E-state index is -0.813. The number of carbonyl (C=O) groups is 3. The zero-order valence-electron chi connectivity index (χ0n) is 22.7. The minimum Gasteiger partial charge on any atom is -0.481 e. The summed E-state index contributed by atoms with van der Waals surface area (Å²) in [7, 11) is 0. The number of nitrogens with zero attached hydrogens (tertiary/aromatic N) is 2. The number of hydrogen-bond donors (Lipinski definition) is 2. The Bertz CT molecular complexity index is 1430. The Kier molecular flexibility index (Phi) is 7.96. The Balaban J connectivity index is 1.32. The maximum atomic E-state index is 13.6. The summed E-state index contributed by atoms with van der Waals surface area (Å²) in [6, 6.07) is 22.8. The zero-order valence-corrected chi connectivity index (χ0v) is 22.7. The molecule has 3 aromatic rings. The standard InChI is InChI=1S/C32H33N3O5/c1-3-20(2)29(30(37)33-27-11-7-10-24-16-25(32(38)39)17-26(24)27)22-14-12-21(13-15-22)18-35-28(36)19-40-31(34-35)23-8-5-4-6-9-23/h4-15,20,25,29H,3,16-19H2,1-2H3,(H,33,37)(H,38,39). The molecule has 0 saturated carbocycles. The lowest BCUT2D eigenvalue weighted by Gasteiger charge is -2.25. The highest BCUT2D eigenvalue weighted by Gasteiger charge is 2.31. The van der Waals surface area contributed by atoms with Crippen LogP contribution in [-0.4, -0.2) is 40.4 Å². The number of nitrogens with one attached hydrogen (secondary N) is 1. The average Bonchev–Trinajstić information content (AvgIpc) is 3.42. The Morgan fingerprint density at radius 2 is 1.80 bits per heavy atom. The van der Waals surface area contributed by atoms with Crippen LogP contribution in [0, 0.1) is 11.8 Å². The van der Waals surface area contributed by atoms with Gasteiger partial charge in [0.05, 0.1) is 18.4 Å². The average molecular weight is 540 g/mol. The van der Waals surface area contributed by atoms with Crippen LogP contribution in [-0.2, 0) is 38.5 Å². The predicted molar refractivity (Wildman–Crippen MR) is 152 cm³/mol. The Labute approximate surface area is 233 Å². The van der Waals surface area contributed by atoms with Gasteiger partial charge in [0.25, 0.3) is 5.91 Å². The minimum absolute atomic E-state index is 0.0710. The van der Waals surface area contributed by atoms with E-state index in [1.165, 1.54) is 5.01 Å². The third kappa shape index (κ3) is 5.76. The molecule has 2 aliphatic rings. The largest absolute Gasteiger partial charge is 0.481 e. The highest BCUT2D eigenvalue weighted by atomic mass is 16.5. The van der Waals surface area contributed by atoms with Gasteiger partial charge in [-0.25, -0.2) is 5.01 Å². The molecule has 3 aromatic carbocycles. The fraction of sp³-hybridized carbons (Fsp3) is 0.312. The van der Waals surface area contributed by atoms with Crippen LogP contribution in [0.15, 0.2) is 77.9 Å². The SMILES string of the molecule is CCC(C)C(C(=O)Nc1cccc2c1CC(C(=O)O)C2)c1ccc(CN2N=C(c3ccccc3)OCC2=O)cc1. The topological polar surface area (TPSA) is 108 Å². The first-order chi connectivity index (χ1) is 19.3. The van der Waals surface area contributed by atoms with E-state index in [-0.39, 0.29) is 30.3 Å². The fourth-order valence-corrected chi connectivity index (χ4v) is 5.37. The fourth-order valence-electron chi connectivity index (χ4n) is 5.37. The van der Waals surface area contributed by atoms with Gasteiger partial charge in [0.15, 0.2) is 6.61 Å². The lowest BCUT2D eigenvalue weighted by Crippen LogP contribution is -2.36. The van der Waals surface area contributed by atoms with Crippen molar-refractivity contribution in [1.29, 1.82) is 0 Å². The summed E-state index contributed by atoms with van der Waals surface area (Å²) in [6.45, 7) is 4.34. The van der Waals surface area contributed by atoms with E-state index in [4.69, 9.17) is 4.74 Å². The summed E-state index contributed by atoms with van der Waals surface area (Å²) in [6.07, 6.45) is 1.71. The molecule has 0 spiro atoms. The van der Waals surface area contributed by atoms with Gasteiger partial charge in [-0.2, -0.15) is 0 Å². The second-order valence-electron chi connectivity index (χ2n) is 10.5. The van der Waals surface area contributed by atoms with Gasteiger partial charge in [0.2, 0.25) is 11.8 Å². The molecule has 0 radical (unpaired) electrons. The van der Waals surface area contributed by atoms with E-state index < -0.39 is 11.9 Å². The van der Waals surface area contributed by atoms with E-state index in [0.717, 1.165) is 34.2 Å². The summed E-state index contributed by atoms with van der Waals surface area (Å²) in [4.78, 5) is 37.7. The molecule has 206 valence electrons. The highest BCUT2D eigenvalue weighted by Crippen LogP contribution is 2.35. The van der Waals surface area contributed by atoms with Crippen LogP contribution < -0.4 is 5.32 Å². The van der Waals surface area contributed by atoms with Gasteiger partial charge in [-0.05, 0) is 59.2 Å². The summed E-state index contributed by atoms with van der Waals surface area (Å²) < 4.78 is 5.54. The first-order valence-corrected chi connectivity index (χ1v) is 13.6. The number of benzene rings is 3. The molecule has 1 aliphatic carbocycles. The van der Waals surface area contributed by atoms with E-state index in [9.17, 15) is 19.5 Å². The first-order valence-electron chi connectivity index (χ1n) is 13.6. The molecule has 2 N–H and O–H groups in total. The predicted octanol–water partition coefficient (Wildman–Crippen LogP) is 4.98. The van der Waals surface area contributed by atoms with Gasteiger partial charge in [0.1, 0.15) is 0 Å². The molecule has 1 aliphatic heterocycles. The van der Waals surface area contributed by atoms with Gasteiger partial charge in [-0.1, -0.05) is 74.9 Å². The van der Waals surface area contributed by atoms with E-state index in [1.54, 1.807) is 0 Å². The molecule has 0 aromatic heterocycles. The number of carboxylic acid groups (broad SMARTS) is 1. The number of anilines is 1. The molecule has 3 unspecified atom stereocenters. The van der Waals surface area contributed by atoms with Crippen molar-refractivity contribution >= 4 is 29.4 Å². The number of carbonyl (C=O) groups excluding carboxylic acids is 2. The maximum Gasteiger partial charge on any atom is 0.307 e. The molecule has 3 atom stereocenters. The number of fused-ring (bicyclic) bond motifs is 1. The van der Waals surface area contributed by atoms with Crippen LogP contribution in [0.25, 0.3) is 0 Å². The number of hydrazone groups is 1. The number of aliphatic carboxylic acids is 1. The number of rotatable bonds is 9. The molecule has 0 fully saturated rings. The Morgan fingerprint density at radius 3 is 2.50 bits per heavy atom. The summed E-state index contributed by atoms with van der Waals surface area (Å²) in [5.74, 6) is -1.51. The van der Waals surface area contributed by atoms with E-state index in [0.29, 0.717) is 31.0 Å². The number of ether oxygens (including phenoxy) is 1. The van der Waals surface area contributed by atoms with Gasteiger partial charge in [0, 0.05) is 11.3 Å². The van der Waals surface area contributed by atoms with E-state index in [1.807, 2.05) is 72.8 Å². The molecule has 1 heterocycles. The first kappa shape index (κ1) is 27.1. The molecule has 40 heavy (non-hydrogen) atoms. The maximum absolute atomic E-state index is 13.6. The number of amides is 2. The van der Waals surface area contributed by atoms with Gasteiger partial charge >= 0.3 is 5.97 Å². The quantitative estimate of drug-likeness (QED) is 0.399. The molecular formula is C32H33N3O5. The monoisotopic (exact) mass is 539 g/mol. The molecule has 2 amide bonds. The van der Waals surface area contributed by atoms with Crippen molar-refractivity contribution < 1.29 is 24.2 Å². The van der Waals surface area contributed by atoms with Crippen molar-refractivity contribution in [1.82, 2.24) is 5.01 Å². The van der Waals surface area contributed by atoms with Crippen LogP contribution in [0.2, 0.25) is 0 Å². The molecule has 8 heteroatoms. The molecular weight excluding hydrogens is 506 g/mol. The lowest BCUT2D eigenvalue weighted by atomic mass is 9.84. The van der Waals surface area contributed by atoms with Crippen molar-refractivity contribution in [2.75, 3.05) is 11.9 Å². The Morgan fingerprint density at radius 1 is 1.05 bits per heavy atom. The van der Waals surface area contributed by atoms with Gasteiger partial charge < -0.3 is 15.2 Å². The van der Waals surface area contributed by atoms with E-state index in [2.05, 4.69) is 24.3 Å². The van der Waals surface area contributed by atoms with Crippen LogP contribution in [0.1, 0.15) is 54.0 Å². The number of hydrogen-bond acceptors (Lipinski definition) is 5. The molecule has 0 saturated heterocycles.